The SMILES string of the molecule is CCN(CC)CCCNCc1nn(Cc2cccc(Cl)c2)nc1-c1ccccc1. The van der Waals surface area contributed by atoms with Crippen LogP contribution in [0, 0.1) is 0 Å². The van der Waals surface area contributed by atoms with Crippen molar-refractivity contribution >= 4 is 11.6 Å². The van der Waals surface area contributed by atoms with E-state index in [0.717, 1.165) is 60.1 Å². The van der Waals surface area contributed by atoms with Gasteiger partial charge in [-0.3, -0.25) is 0 Å². The summed E-state index contributed by atoms with van der Waals surface area (Å²) in [7, 11) is 0. The molecule has 5 nitrogen and oxygen atoms in total. The van der Waals surface area contributed by atoms with E-state index in [1.165, 1.54) is 0 Å². The van der Waals surface area contributed by atoms with Crippen LogP contribution >= 0.6 is 11.6 Å². The molecule has 3 aromatic rings. The molecular weight excluding hydrogens is 382 g/mol. The first-order valence-electron chi connectivity index (χ1n) is 10.4. The Labute approximate surface area is 178 Å². The first-order valence-corrected chi connectivity index (χ1v) is 10.7. The van der Waals surface area contributed by atoms with E-state index in [2.05, 4.69) is 36.2 Å². The van der Waals surface area contributed by atoms with E-state index < -0.39 is 0 Å². The maximum absolute atomic E-state index is 6.12. The van der Waals surface area contributed by atoms with Crippen molar-refractivity contribution in [3.8, 4) is 11.3 Å². The van der Waals surface area contributed by atoms with Crippen LogP contribution in [-0.4, -0.2) is 46.1 Å². The average molecular weight is 412 g/mol. The standard InChI is InChI=1S/C23H30ClN5/c1-3-28(4-2)15-9-14-25-17-22-23(20-11-6-5-7-12-20)27-29(26-22)18-19-10-8-13-21(24)16-19/h5-8,10-13,16,25H,3-4,9,14-15,17-18H2,1-2H3. The summed E-state index contributed by atoms with van der Waals surface area (Å²) in [5.41, 5.74) is 4.08. The van der Waals surface area contributed by atoms with Crippen molar-refractivity contribution in [2.45, 2.75) is 33.4 Å². The third-order valence-corrected chi connectivity index (χ3v) is 5.24. The van der Waals surface area contributed by atoms with E-state index in [0.29, 0.717) is 13.1 Å². The molecule has 0 saturated carbocycles. The number of nitrogens with zero attached hydrogens (tertiary/aromatic N) is 4. The van der Waals surface area contributed by atoms with Gasteiger partial charge < -0.3 is 10.2 Å². The zero-order valence-electron chi connectivity index (χ0n) is 17.3. The van der Waals surface area contributed by atoms with Crippen LogP contribution in [0.25, 0.3) is 11.3 Å². The van der Waals surface area contributed by atoms with Crippen molar-refractivity contribution in [3.05, 3.63) is 70.9 Å². The molecule has 0 saturated heterocycles. The van der Waals surface area contributed by atoms with E-state index in [1.807, 2.05) is 42.5 Å². The molecule has 1 heterocycles. The minimum absolute atomic E-state index is 0.600. The average Bonchev–Trinajstić information content (AvgIpc) is 3.14. The van der Waals surface area contributed by atoms with Gasteiger partial charge in [-0.2, -0.15) is 15.0 Å². The van der Waals surface area contributed by atoms with E-state index in [1.54, 1.807) is 4.80 Å². The minimum Gasteiger partial charge on any atom is -0.311 e. The van der Waals surface area contributed by atoms with Gasteiger partial charge in [0.15, 0.2) is 0 Å². The largest absolute Gasteiger partial charge is 0.311 e. The predicted molar refractivity (Wildman–Crippen MR) is 120 cm³/mol. The Morgan fingerprint density at radius 2 is 1.79 bits per heavy atom. The molecule has 0 aliphatic rings. The predicted octanol–water partition coefficient (Wildman–Crippen LogP) is 4.47. The Morgan fingerprint density at radius 3 is 2.52 bits per heavy atom. The zero-order chi connectivity index (χ0) is 20.5. The molecule has 0 aliphatic heterocycles. The second kappa shape index (κ2) is 11.1. The van der Waals surface area contributed by atoms with Crippen LogP contribution in [0.4, 0.5) is 0 Å². The lowest BCUT2D eigenvalue weighted by Gasteiger charge is -2.17. The van der Waals surface area contributed by atoms with Crippen LogP contribution in [0.1, 0.15) is 31.5 Å². The molecule has 0 aliphatic carbocycles. The van der Waals surface area contributed by atoms with Gasteiger partial charge in [0.1, 0.15) is 11.4 Å². The second-order valence-electron chi connectivity index (χ2n) is 7.08. The van der Waals surface area contributed by atoms with E-state index in [4.69, 9.17) is 21.8 Å². The van der Waals surface area contributed by atoms with Gasteiger partial charge in [-0.1, -0.05) is 67.9 Å². The minimum atomic E-state index is 0.600. The number of rotatable bonds is 11. The van der Waals surface area contributed by atoms with Crippen molar-refractivity contribution in [1.82, 2.24) is 25.2 Å². The van der Waals surface area contributed by atoms with Gasteiger partial charge in [0.2, 0.25) is 0 Å². The van der Waals surface area contributed by atoms with Crippen molar-refractivity contribution in [2.75, 3.05) is 26.2 Å². The molecule has 0 unspecified atom stereocenters. The fourth-order valence-electron chi connectivity index (χ4n) is 3.37. The van der Waals surface area contributed by atoms with Crippen LogP contribution in [0.2, 0.25) is 5.02 Å². The first-order chi connectivity index (χ1) is 14.2. The van der Waals surface area contributed by atoms with Gasteiger partial charge in [-0.25, -0.2) is 0 Å². The molecule has 0 radical (unpaired) electrons. The van der Waals surface area contributed by atoms with Crippen LogP contribution in [0.5, 0.6) is 0 Å². The highest BCUT2D eigenvalue weighted by molar-refractivity contribution is 6.30. The lowest BCUT2D eigenvalue weighted by molar-refractivity contribution is 0.298. The molecular formula is C23H30ClN5. The summed E-state index contributed by atoms with van der Waals surface area (Å²) < 4.78 is 0. The molecule has 3 rings (SSSR count). The maximum atomic E-state index is 6.12. The van der Waals surface area contributed by atoms with E-state index >= 15 is 0 Å². The Hall–Kier alpha value is -2.21. The van der Waals surface area contributed by atoms with Crippen molar-refractivity contribution < 1.29 is 0 Å². The molecule has 1 N–H and O–H groups in total. The Balaban J connectivity index is 1.68. The molecule has 0 spiro atoms. The van der Waals surface area contributed by atoms with Crippen LogP contribution in [-0.2, 0) is 13.1 Å². The summed E-state index contributed by atoms with van der Waals surface area (Å²) in [4.78, 5) is 4.21. The quantitative estimate of drug-likeness (QED) is 0.473. The summed E-state index contributed by atoms with van der Waals surface area (Å²) in [6.07, 6.45) is 1.12. The van der Waals surface area contributed by atoms with Crippen molar-refractivity contribution in [3.63, 3.8) is 0 Å². The van der Waals surface area contributed by atoms with Gasteiger partial charge in [0.05, 0.1) is 6.54 Å². The van der Waals surface area contributed by atoms with Crippen LogP contribution in [0.15, 0.2) is 54.6 Å². The first kappa shape index (κ1) is 21.5. The molecule has 0 amide bonds. The van der Waals surface area contributed by atoms with Crippen LogP contribution in [0.3, 0.4) is 0 Å². The van der Waals surface area contributed by atoms with Gasteiger partial charge in [-0.15, -0.1) is 0 Å². The monoisotopic (exact) mass is 411 g/mol. The topological polar surface area (TPSA) is 46.0 Å². The summed E-state index contributed by atoms with van der Waals surface area (Å²) >= 11 is 6.12. The second-order valence-corrected chi connectivity index (χ2v) is 7.52. The lowest BCUT2D eigenvalue weighted by Crippen LogP contribution is -2.27. The highest BCUT2D eigenvalue weighted by Gasteiger charge is 2.13. The molecule has 6 heteroatoms. The Kier molecular flexibility index (Phi) is 8.23. The summed E-state index contributed by atoms with van der Waals surface area (Å²) in [5.74, 6) is 0. The zero-order valence-corrected chi connectivity index (χ0v) is 18.1. The van der Waals surface area contributed by atoms with Gasteiger partial charge in [0.25, 0.3) is 0 Å². The number of hydrogen-bond donors (Lipinski definition) is 1. The number of nitrogens with one attached hydrogen (secondary N) is 1. The maximum Gasteiger partial charge on any atom is 0.117 e. The van der Waals surface area contributed by atoms with Gasteiger partial charge in [0, 0.05) is 17.1 Å². The molecule has 1 aromatic heterocycles. The number of halogens is 1. The highest BCUT2D eigenvalue weighted by atomic mass is 35.5. The van der Waals surface area contributed by atoms with Gasteiger partial charge in [-0.05, 0) is 50.3 Å². The molecule has 154 valence electrons. The van der Waals surface area contributed by atoms with Crippen molar-refractivity contribution in [2.24, 2.45) is 0 Å². The fourth-order valence-corrected chi connectivity index (χ4v) is 3.58. The lowest BCUT2D eigenvalue weighted by atomic mass is 10.1. The summed E-state index contributed by atoms with van der Waals surface area (Å²) in [6.45, 7) is 10.0. The normalized spacial score (nSPS) is 11.3. The third-order valence-electron chi connectivity index (χ3n) is 5.00. The van der Waals surface area contributed by atoms with E-state index in [-0.39, 0.29) is 0 Å². The molecule has 2 aromatic carbocycles. The fraction of sp³-hybridized carbons (Fsp3) is 0.391. The highest BCUT2D eigenvalue weighted by Crippen LogP contribution is 2.20. The Morgan fingerprint density at radius 1 is 1.00 bits per heavy atom. The molecule has 0 bridgehead atoms. The van der Waals surface area contributed by atoms with E-state index in [9.17, 15) is 0 Å². The summed E-state index contributed by atoms with van der Waals surface area (Å²) in [5, 5.41) is 13.8. The molecule has 29 heavy (non-hydrogen) atoms. The molecule has 0 fully saturated rings. The number of hydrogen-bond acceptors (Lipinski definition) is 4. The number of aromatic nitrogens is 3. The van der Waals surface area contributed by atoms with Gasteiger partial charge >= 0.3 is 0 Å². The van der Waals surface area contributed by atoms with Crippen LogP contribution < -0.4 is 5.32 Å². The summed E-state index contributed by atoms with van der Waals surface area (Å²) in [6, 6.07) is 18.1. The van der Waals surface area contributed by atoms with Crippen molar-refractivity contribution in [1.29, 1.82) is 0 Å². The third kappa shape index (κ3) is 6.39. The number of benzene rings is 2. The Bertz CT molecular complexity index is 874. The smallest absolute Gasteiger partial charge is 0.117 e. The molecule has 0 atom stereocenters.